The number of pyridine rings is 1. The highest BCUT2D eigenvalue weighted by Crippen LogP contribution is 2.25. The first kappa shape index (κ1) is 11.8. The highest BCUT2D eigenvalue weighted by molar-refractivity contribution is 6.30. The van der Waals surface area contributed by atoms with Gasteiger partial charge in [0.15, 0.2) is 0 Å². The van der Waals surface area contributed by atoms with Gasteiger partial charge in [0.2, 0.25) is 0 Å². The lowest BCUT2D eigenvalue weighted by molar-refractivity contribution is 0.600. The normalized spacial score (nSPS) is 12.6. The van der Waals surface area contributed by atoms with Crippen LogP contribution < -0.4 is 11.1 Å². The Bertz CT molecular complexity index is 484. The second-order valence-electron chi connectivity index (χ2n) is 3.49. The van der Waals surface area contributed by atoms with Crippen LogP contribution in [0.1, 0.15) is 24.4 Å². The average Bonchev–Trinajstić information content (AvgIpc) is 2.83. The fourth-order valence-electron chi connectivity index (χ4n) is 1.61. The van der Waals surface area contributed by atoms with E-state index in [9.17, 15) is 0 Å². The summed E-state index contributed by atoms with van der Waals surface area (Å²) in [5, 5.41) is 10.4. The van der Waals surface area contributed by atoms with E-state index in [-0.39, 0.29) is 6.04 Å². The van der Waals surface area contributed by atoms with Gasteiger partial charge >= 0.3 is 0 Å². The Kier molecular flexibility index (Phi) is 3.55. The average molecular weight is 253 g/mol. The van der Waals surface area contributed by atoms with Crippen LogP contribution in [0.2, 0.25) is 5.02 Å². The predicted molar refractivity (Wildman–Crippen MR) is 65.6 cm³/mol. The minimum Gasteiger partial charge on any atom is -0.383 e. The predicted octanol–water partition coefficient (Wildman–Crippen LogP) is 1.13. The molecule has 1 atom stereocenters. The summed E-state index contributed by atoms with van der Waals surface area (Å²) in [6.07, 6.45) is 2.97. The molecule has 0 aromatic carbocycles. The molecule has 0 amide bonds. The molecule has 1 unspecified atom stereocenters. The van der Waals surface area contributed by atoms with Gasteiger partial charge in [-0.1, -0.05) is 18.5 Å². The number of hydrogen-bond acceptors (Lipinski definition) is 5. The number of nitrogens with one attached hydrogen (secondary N) is 2. The van der Waals surface area contributed by atoms with E-state index in [4.69, 9.17) is 17.3 Å². The maximum absolute atomic E-state index is 5.93. The molecule has 0 aliphatic carbocycles. The molecular formula is C10H13ClN6. The molecule has 7 heteroatoms. The summed E-state index contributed by atoms with van der Waals surface area (Å²) < 4.78 is 0. The second-order valence-corrected chi connectivity index (χ2v) is 3.93. The van der Waals surface area contributed by atoms with E-state index in [1.165, 1.54) is 12.5 Å². The summed E-state index contributed by atoms with van der Waals surface area (Å²) in [7, 11) is 0. The first-order valence-corrected chi connectivity index (χ1v) is 5.59. The van der Waals surface area contributed by atoms with Gasteiger partial charge in [-0.3, -0.25) is 5.10 Å². The molecule has 0 saturated heterocycles. The Labute approximate surface area is 104 Å². The molecule has 0 aliphatic heterocycles. The van der Waals surface area contributed by atoms with Gasteiger partial charge in [-0.25, -0.2) is 9.97 Å². The zero-order valence-corrected chi connectivity index (χ0v) is 10.1. The maximum atomic E-state index is 5.93. The number of anilines is 1. The Morgan fingerprint density at radius 3 is 3.00 bits per heavy atom. The van der Waals surface area contributed by atoms with Gasteiger partial charge in [0.25, 0.3) is 0 Å². The van der Waals surface area contributed by atoms with Crippen LogP contribution in [0.25, 0.3) is 0 Å². The molecule has 6 nitrogen and oxygen atoms in total. The van der Waals surface area contributed by atoms with Crippen molar-refractivity contribution in [2.75, 3.05) is 12.3 Å². The number of rotatable bonds is 4. The molecule has 0 spiro atoms. The van der Waals surface area contributed by atoms with E-state index in [0.717, 1.165) is 12.1 Å². The molecule has 0 bridgehead atoms. The third kappa shape index (κ3) is 2.54. The van der Waals surface area contributed by atoms with Gasteiger partial charge in [-0.15, -0.1) is 0 Å². The van der Waals surface area contributed by atoms with Gasteiger partial charge < -0.3 is 11.1 Å². The standard InChI is InChI=1S/C10H13ClN6/c1-2-13-8(10-15-5-16-17-10)7-3-6(11)4-14-9(7)12/h3-5,8,13H,2H2,1H3,(H2,12,14)(H,15,16,17). The maximum Gasteiger partial charge on any atom is 0.146 e. The lowest BCUT2D eigenvalue weighted by atomic mass is 10.1. The van der Waals surface area contributed by atoms with Crippen molar-refractivity contribution < 1.29 is 0 Å². The highest BCUT2D eigenvalue weighted by Gasteiger charge is 2.19. The number of halogens is 1. The van der Waals surface area contributed by atoms with Crippen molar-refractivity contribution in [3.63, 3.8) is 0 Å². The van der Waals surface area contributed by atoms with Crippen molar-refractivity contribution in [3.05, 3.63) is 35.0 Å². The minimum absolute atomic E-state index is 0.186. The fraction of sp³-hybridized carbons (Fsp3) is 0.300. The molecule has 2 rings (SSSR count). The third-order valence-electron chi connectivity index (χ3n) is 2.34. The largest absolute Gasteiger partial charge is 0.383 e. The lowest BCUT2D eigenvalue weighted by Crippen LogP contribution is -2.24. The van der Waals surface area contributed by atoms with Crippen LogP contribution in [0, 0.1) is 0 Å². The first-order valence-electron chi connectivity index (χ1n) is 5.22. The summed E-state index contributed by atoms with van der Waals surface area (Å²) in [6.45, 7) is 2.76. The van der Waals surface area contributed by atoms with Crippen LogP contribution in [0.5, 0.6) is 0 Å². The van der Waals surface area contributed by atoms with Gasteiger partial charge in [0.05, 0.1) is 11.1 Å². The second kappa shape index (κ2) is 5.11. The number of hydrogen-bond donors (Lipinski definition) is 3. The van der Waals surface area contributed by atoms with E-state index in [0.29, 0.717) is 16.7 Å². The Balaban J connectivity index is 2.42. The summed E-state index contributed by atoms with van der Waals surface area (Å²) >= 11 is 5.93. The molecule has 2 aromatic rings. The van der Waals surface area contributed by atoms with Gasteiger partial charge in [0, 0.05) is 11.8 Å². The molecule has 0 fully saturated rings. The summed E-state index contributed by atoms with van der Waals surface area (Å²) in [6, 6.07) is 1.59. The van der Waals surface area contributed by atoms with Crippen LogP contribution in [-0.2, 0) is 0 Å². The summed E-state index contributed by atoms with van der Waals surface area (Å²) in [5.41, 5.74) is 6.64. The molecule has 4 N–H and O–H groups in total. The van der Waals surface area contributed by atoms with Crippen LogP contribution in [0.3, 0.4) is 0 Å². The van der Waals surface area contributed by atoms with E-state index in [1.54, 1.807) is 6.07 Å². The summed E-state index contributed by atoms with van der Waals surface area (Å²) in [5.74, 6) is 1.11. The number of aromatic nitrogens is 4. The number of nitrogens with two attached hydrogens (primary N) is 1. The Morgan fingerprint density at radius 1 is 1.53 bits per heavy atom. The molecule has 2 heterocycles. The van der Waals surface area contributed by atoms with Gasteiger partial charge in [-0.05, 0) is 12.6 Å². The van der Waals surface area contributed by atoms with Crippen LogP contribution in [-0.4, -0.2) is 26.7 Å². The van der Waals surface area contributed by atoms with E-state index in [1.807, 2.05) is 6.92 Å². The molecule has 2 aromatic heterocycles. The fourth-order valence-corrected chi connectivity index (χ4v) is 1.78. The molecular weight excluding hydrogens is 240 g/mol. The van der Waals surface area contributed by atoms with E-state index in [2.05, 4.69) is 25.5 Å². The van der Waals surface area contributed by atoms with Crippen molar-refractivity contribution >= 4 is 17.4 Å². The molecule has 0 radical (unpaired) electrons. The van der Waals surface area contributed by atoms with Crippen LogP contribution in [0.15, 0.2) is 18.6 Å². The number of nitrogen functional groups attached to an aromatic ring is 1. The van der Waals surface area contributed by atoms with Gasteiger partial charge in [0.1, 0.15) is 18.0 Å². The zero-order valence-electron chi connectivity index (χ0n) is 9.31. The molecule has 90 valence electrons. The van der Waals surface area contributed by atoms with E-state index >= 15 is 0 Å². The molecule has 0 aliphatic rings. The van der Waals surface area contributed by atoms with Crippen molar-refractivity contribution in [2.45, 2.75) is 13.0 Å². The van der Waals surface area contributed by atoms with Crippen molar-refractivity contribution in [3.8, 4) is 0 Å². The zero-order chi connectivity index (χ0) is 12.3. The molecule has 0 saturated carbocycles. The van der Waals surface area contributed by atoms with Crippen molar-refractivity contribution in [2.24, 2.45) is 0 Å². The minimum atomic E-state index is -0.186. The highest BCUT2D eigenvalue weighted by atomic mass is 35.5. The van der Waals surface area contributed by atoms with Crippen LogP contribution in [0.4, 0.5) is 5.82 Å². The monoisotopic (exact) mass is 252 g/mol. The summed E-state index contributed by atoms with van der Waals surface area (Å²) in [4.78, 5) is 8.16. The van der Waals surface area contributed by atoms with Gasteiger partial charge in [-0.2, -0.15) is 5.10 Å². The Morgan fingerprint density at radius 2 is 2.35 bits per heavy atom. The third-order valence-corrected chi connectivity index (χ3v) is 2.55. The quantitative estimate of drug-likeness (QED) is 0.759. The topological polar surface area (TPSA) is 92.5 Å². The smallest absolute Gasteiger partial charge is 0.146 e. The first-order chi connectivity index (χ1) is 8.22. The Hall–Kier alpha value is -1.66. The molecule has 17 heavy (non-hydrogen) atoms. The number of H-pyrrole nitrogens is 1. The van der Waals surface area contributed by atoms with Crippen LogP contribution >= 0.6 is 11.6 Å². The lowest BCUT2D eigenvalue weighted by Gasteiger charge is -2.17. The van der Waals surface area contributed by atoms with E-state index < -0.39 is 0 Å². The number of aromatic amines is 1. The SMILES string of the molecule is CCNC(c1ncn[nH]1)c1cc(Cl)cnc1N. The number of nitrogens with zero attached hydrogens (tertiary/aromatic N) is 3. The van der Waals surface area contributed by atoms with Crippen molar-refractivity contribution in [1.29, 1.82) is 0 Å². The van der Waals surface area contributed by atoms with Crippen molar-refractivity contribution in [1.82, 2.24) is 25.5 Å².